The lowest BCUT2D eigenvalue weighted by Gasteiger charge is -2.18. The normalized spacial score (nSPS) is 12.0. The minimum atomic E-state index is -0.311. The molecule has 1 unspecified atom stereocenters. The van der Waals surface area contributed by atoms with Crippen molar-refractivity contribution in [2.24, 2.45) is 5.92 Å². The van der Waals surface area contributed by atoms with Crippen LogP contribution in [0.2, 0.25) is 0 Å². The number of nitrogens with one attached hydrogen (secondary N) is 1. The Kier molecular flexibility index (Phi) is 7.63. The number of amides is 1. The maximum Gasteiger partial charge on any atom is 0.236 e. The molecule has 0 saturated heterocycles. The van der Waals surface area contributed by atoms with Gasteiger partial charge in [0.15, 0.2) is 17.1 Å². The number of rotatable bonds is 10. The van der Waals surface area contributed by atoms with Gasteiger partial charge in [-0.3, -0.25) is 10.1 Å². The van der Waals surface area contributed by atoms with Crippen LogP contribution in [0.4, 0.5) is 5.13 Å². The van der Waals surface area contributed by atoms with Gasteiger partial charge in [-0.25, -0.2) is 0 Å². The van der Waals surface area contributed by atoms with E-state index in [2.05, 4.69) is 39.6 Å². The smallest absolute Gasteiger partial charge is 0.236 e. The molecule has 0 aliphatic rings. The molecule has 30 heavy (non-hydrogen) atoms. The number of carbonyl (C=O) groups is 1. The molecule has 1 aromatic carbocycles. The van der Waals surface area contributed by atoms with E-state index in [1.807, 2.05) is 35.8 Å². The zero-order valence-electron chi connectivity index (χ0n) is 17.2. The largest absolute Gasteiger partial charge is 0.497 e. The molecule has 0 aliphatic carbocycles. The summed E-state index contributed by atoms with van der Waals surface area (Å²) in [5.74, 6) is 2.61. The molecule has 2 aromatic heterocycles. The van der Waals surface area contributed by atoms with Gasteiger partial charge >= 0.3 is 0 Å². The van der Waals surface area contributed by atoms with Gasteiger partial charge in [-0.15, -0.1) is 20.4 Å². The number of ether oxygens (including phenoxy) is 2. The van der Waals surface area contributed by atoms with E-state index in [1.54, 1.807) is 12.6 Å². The Balaban J connectivity index is 1.69. The van der Waals surface area contributed by atoms with Gasteiger partial charge in [0.1, 0.15) is 17.0 Å². The van der Waals surface area contributed by atoms with Gasteiger partial charge in [-0.1, -0.05) is 36.9 Å². The summed E-state index contributed by atoms with van der Waals surface area (Å²) in [5.41, 5.74) is 1.57. The first-order chi connectivity index (χ1) is 14.5. The number of anilines is 1. The van der Waals surface area contributed by atoms with Crippen LogP contribution < -0.4 is 14.8 Å². The predicted molar refractivity (Wildman–Crippen MR) is 116 cm³/mol. The lowest BCUT2D eigenvalue weighted by molar-refractivity contribution is -0.113. The van der Waals surface area contributed by atoms with E-state index in [1.165, 1.54) is 23.1 Å². The van der Waals surface area contributed by atoms with Crippen LogP contribution in [0.3, 0.4) is 0 Å². The van der Waals surface area contributed by atoms with Crippen LogP contribution >= 0.6 is 23.1 Å². The van der Waals surface area contributed by atoms with Crippen molar-refractivity contribution in [3.63, 3.8) is 0 Å². The number of benzene rings is 1. The summed E-state index contributed by atoms with van der Waals surface area (Å²) in [5, 5.41) is 20.0. The van der Waals surface area contributed by atoms with E-state index in [-0.39, 0.29) is 17.8 Å². The Morgan fingerprint density at radius 3 is 2.53 bits per heavy atom. The van der Waals surface area contributed by atoms with E-state index in [0.717, 1.165) is 12.3 Å². The van der Waals surface area contributed by atoms with Crippen molar-refractivity contribution < 1.29 is 14.3 Å². The van der Waals surface area contributed by atoms with Gasteiger partial charge in [0.25, 0.3) is 0 Å². The molecule has 0 fully saturated rings. The number of aromatic nitrogens is 5. The average Bonchev–Trinajstić information content (AvgIpc) is 3.36. The second-order valence-electron chi connectivity index (χ2n) is 6.86. The highest BCUT2D eigenvalue weighted by atomic mass is 32.2. The molecule has 3 rings (SSSR count). The summed E-state index contributed by atoms with van der Waals surface area (Å²) >= 11 is 2.60. The van der Waals surface area contributed by atoms with Crippen molar-refractivity contribution in [2.75, 3.05) is 18.2 Å². The number of nitrogens with zero attached hydrogens (tertiary/aromatic N) is 5. The summed E-state index contributed by atoms with van der Waals surface area (Å²) in [6, 6.07) is 7.40. The molecule has 1 atom stereocenters. The average molecular weight is 449 g/mol. The molecule has 11 heteroatoms. The Labute approximate surface area is 183 Å². The number of thioether (sulfide) groups is 1. The zero-order valence-corrected chi connectivity index (χ0v) is 18.9. The van der Waals surface area contributed by atoms with E-state index < -0.39 is 0 Å². The molecule has 0 bridgehead atoms. The van der Waals surface area contributed by atoms with Crippen LogP contribution in [0.25, 0.3) is 0 Å². The van der Waals surface area contributed by atoms with Gasteiger partial charge in [-0.2, -0.15) is 0 Å². The first-order valence-electron chi connectivity index (χ1n) is 9.39. The van der Waals surface area contributed by atoms with Crippen LogP contribution in [-0.2, 0) is 11.3 Å². The fraction of sp³-hybridized carbons (Fsp3) is 0.421. The minimum absolute atomic E-state index is 0.167. The fourth-order valence-electron chi connectivity index (χ4n) is 2.67. The van der Waals surface area contributed by atoms with Crippen LogP contribution in [-0.4, -0.2) is 43.7 Å². The van der Waals surface area contributed by atoms with Crippen molar-refractivity contribution in [2.45, 2.75) is 38.6 Å². The minimum Gasteiger partial charge on any atom is -0.497 e. The molecule has 0 spiro atoms. The Morgan fingerprint density at radius 1 is 1.17 bits per heavy atom. The molecule has 9 nitrogen and oxygen atoms in total. The highest BCUT2D eigenvalue weighted by molar-refractivity contribution is 7.99. The van der Waals surface area contributed by atoms with E-state index in [0.29, 0.717) is 27.8 Å². The van der Waals surface area contributed by atoms with Gasteiger partial charge in [0, 0.05) is 6.54 Å². The number of hydrogen-bond acceptors (Lipinski definition) is 9. The van der Waals surface area contributed by atoms with Crippen LogP contribution in [0.5, 0.6) is 11.5 Å². The van der Waals surface area contributed by atoms with Crippen molar-refractivity contribution in [3.05, 3.63) is 35.6 Å². The standard InChI is InChI=1S/C19H24N6O3S2/c1-12(2)9-25-17(13(3)28-15-7-5-14(27-4)6-8-15)22-24-19(25)29-10-16(26)21-18-23-20-11-30-18/h5-8,11-13H,9-10H2,1-4H3,(H,21,23,26). The van der Waals surface area contributed by atoms with Crippen molar-refractivity contribution in [1.82, 2.24) is 25.0 Å². The summed E-state index contributed by atoms with van der Waals surface area (Å²) in [4.78, 5) is 12.2. The Bertz CT molecular complexity index is 944. The van der Waals surface area contributed by atoms with Crippen molar-refractivity contribution >= 4 is 34.1 Å². The van der Waals surface area contributed by atoms with E-state index in [4.69, 9.17) is 9.47 Å². The number of carbonyl (C=O) groups excluding carboxylic acids is 1. The zero-order chi connectivity index (χ0) is 21.5. The summed E-state index contributed by atoms with van der Waals surface area (Å²) in [6.45, 7) is 6.89. The SMILES string of the molecule is COc1ccc(OC(C)c2nnc(SCC(=O)Nc3nncs3)n2CC(C)C)cc1. The molecule has 3 aromatic rings. The maximum atomic E-state index is 12.2. The molecule has 0 radical (unpaired) electrons. The Hall–Kier alpha value is -2.66. The van der Waals surface area contributed by atoms with Crippen LogP contribution in [0.1, 0.15) is 32.7 Å². The summed E-state index contributed by atoms with van der Waals surface area (Å²) < 4.78 is 13.2. The summed E-state index contributed by atoms with van der Waals surface area (Å²) in [7, 11) is 1.63. The quantitative estimate of drug-likeness (QED) is 0.469. The lowest BCUT2D eigenvalue weighted by Crippen LogP contribution is -2.17. The van der Waals surface area contributed by atoms with Crippen molar-refractivity contribution in [3.8, 4) is 11.5 Å². The second kappa shape index (κ2) is 10.4. The number of hydrogen-bond donors (Lipinski definition) is 1. The first kappa shape index (κ1) is 22.0. The van der Waals surface area contributed by atoms with Crippen molar-refractivity contribution in [1.29, 1.82) is 0 Å². The highest BCUT2D eigenvalue weighted by Crippen LogP contribution is 2.27. The lowest BCUT2D eigenvalue weighted by atomic mass is 10.2. The third kappa shape index (κ3) is 5.92. The molecular weight excluding hydrogens is 424 g/mol. The molecule has 1 N–H and O–H groups in total. The van der Waals surface area contributed by atoms with E-state index >= 15 is 0 Å². The van der Waals surface area contributed by atoms with Gasteiger partial charge < -0.3 is 14.0 Å². The first-order valence-corrected chi connectivity index (χ1v) is 11.3. The number of methoxy groups -OCH3 is 1. The van der Waals surface area contributed by atoms with E-state index in [9.17, 15) is 4.79 Å². The van der Waals surface area contributed by atoms with Gasteiger partial charge in [-0.05, 0) is 37.1 Å². The predicted octanol–water partition coefficient (Wildman–Crippen LogP) is 3.67. The Morgan fingerprint density at radius 2 is 1.90 bits per heavy atom. The molecule has 0 saturated carbocycles. The molecule has 2 heterocycles. The molecule has 1 amide bonds. The van der Waals surface area contributed by atoms with Crippen LogP contribution in [0.15, 0.2) is 34.9 Å². The maximum absolute atomic E-state index is 12.2. The third-order valence-electron chi connectivity index (χ3n) is 3.97. The van der Waals surface area contributed by atoms with Crippen LogP contribution in [0, 0.1) is 5.92 Å². The molecule has 0 aliphatic heterocycles. The topological polar surface area (TPSA) is 104 Å². The van der Waals surface area contributed by atoms with Gasteiger partial charge in [0.05, 0.1) is 12.9 Å². The fourth-order valence-corrected chi connectivity index (χ4v) is 3.88. The molecular formula is C19H24N6O3S2. The molecule has 160 valence electrons. The second-order valence-corrected chi connectivity index (χ2v) is 8.64. The van der Waals surface area contributed by atoms with Gasteiger partial charge in [0.2, 0.25) is 11.0 Å². The third-order valence-corrected chi connectivity index (χ3v) is 5.54. The monoisotopic (exact) mass is 448 g/mol. The highest BCUT2D eigenvalue weighted by Gasteiger charge is 2.21. The summed E-state index contributed by atoms with van der Waals surface area (Å²) in [6.07, 6.45) is -0.311.